The van der Waals surface area contributed by atoms with Gasteiger partial charge in [-0.2, -0.15) is 0 Å². The highest BCUT2D eigenvalue weighted by atomic mass is 32.1. The lowest BCUT2D eigenvalue weighted by molar-refractivity contribution is 0.395. The highest BCUT2D eigenvalue weighted by Crippen LogP contribution is 2.29. The van der Waals surface area contributed by atoms with E-state index in [1.54, 1.807) is 26.5 Å². The van der Waals surface area contributed by atoms with E-state index in [-0.39, 0.29) is 0 Å². The second-order valence-electron chi connectivity index (χ2n) is 5.06. The van der Waals surface area contributed by atoms with Crippen LogP contribution in [0, 0.1) is 0 Å². The fourth-order valence-corrected chi connectivity index (χ4v) is 2.55. The van der Waals surface area contributed by atoms with Crippen LogP contribution in [0.2, 0.25) is 0 Å². The van der Waals surface area contributed by atoms with Crippen LogP contribution in [0.15, 0.2) is 54.7 Å². The van der Waals surface area contributed by atoms with Crippen molar-refractivity contribution in [2.24, 2.45) is 0 Å². The van der Waals surface area contributed by atoms with Crippen molar-refractivity contribution in [2.45, 2.75) is 0 Å². The molecule has 5 nitrogen and oxygen atoms in total. The summed E-state index contributed by atoms with van der Waals surface area (Å²) in [4.78, 5) is 4.41. The maximum atomic E-state index is 5.37. The molecular weight excluding hydrogens is 322 g/mol. The lowest BCUT2D eigenvalue weighted by Gasteiger charge is -2.14. The molecule has 0 saturated carbocycles. The second kappa shape index (κ2) is 7.14. The minimum atomic E-state index is 0.454. The molecular formula is C18H17N3O2S. The molecule has 0 aliphatic carbocycles. The second-order valence-corrected chi connectivity index (χ2v) is 5.47. The number of aromatic nitrogens is 1. The molecule has 2 N–H and O–H groups in total. The largest absolute Gasteiger partial charge is 0.497 e. The first kappa shape index (κ1) is 16.0. The molecule has 0 bridgehead atoms. The Morgan fingerprint density at radius 3 is 2.62 bits per heavy atom. The number of methoxy groups -OCH3 is 2. The van der Waals surface area contributed by atoms with Gasteiger partial charge in [-0.3, -0.25) is 4.98 Å². The molecule has 0 aliphatic rings. The monoisotopic (exact) mass is 339 g/mol. The summed E-state index contributed by atoms with van der Waals surface area (Å²) in [5.74, 6) is 1.37. The lowest BCUT2D eigenvalue weighted by atomic mass is 10.2. The first-order valence-corrected chi connectivity index (χ1v) is 7.75. The third kappa shape index (κ3) is 3.55. The van der Waals surface area contributed by atoms with E-state index < -0.39 is 0 Å². The van der Waals surface area contributed by atoms with Crippen molar-refractivity contribution in [1.29, 1.82) is 0 Å². The fourth-order valence-electron chi connectivity index (χ4n) is 2.33. The first-order chi connectivity index (χ1) is 11.7. The number of thiocarbonyl (C=S) groups is 1. The van der Waals surface area contributed by atoms with Crippen LogP contribution in [-0.2, 0) is 0 Å². The van der Waals surface area contributed by atoms with Crippen LogP contribution in [0.1, 0.15) is 0 Å². The number of hydrogen-bond acceptors (Lipinski definition) is 4. The zero-order valence-electron chi connectivity index (χ0n) is 13.4. The lowest BCUT2D eigenvalue weighted by Crippen LogP contribution is -2.19. The number of ether oxygens (including phenoxy) is 2. The predicted octanol–water partition coefficient (Wildman–Crippen LogP) is 4.06. The van der Waals surface area contributed by atoms with E-state index >= 15 is 0 Å². The van der Waals surface area contributed by atoms with Gasteiger partial charge in [0.15, 0.2) is 5.11 Å². The van der Waals surface area contributed by atoms with Crippen LogP contribution < -0.4 is 20.1 Å². The van der Waals surface area contributed by atoms with Gasteiger partial charge in [0.2, 0.25) is 0 Å². The maximum Gasteiger partial charge on any atom is 0.175 e. The summed E-state index contributed by atoms with van der Waals surface area (Å²) >= 11 is 5.37. The van der Waals surface area contributed by atoms with Gasteiger partial charge in [0.1, 0.15) is 11.5 Å². The Hall–Kier alpha value is -2.86. The van der Waals surface area contributed by atoms with E-state index in [1.807, 2.05) is 42.5 Å². The van der Waals surface area contributed by atoms with Gasteiger partial charge in [0.25, 0.3) is 0 Å². The minimum Gasteiger partial charge on any atom is -0.497 e. The number of pyridine rings is 1. The van der Waals surface area contributed by atoms with Crippen LogP contribution >= 0.6 is 12.2 Å². The molecule has 0 saturated heterocycles. The van der Waals surface area contributed by atoms with Crippen molar-refractivity contribution in [2.75, 3.05) is 24.9 Å². The van der Waals surface area contributed by atoms with Crippen LogP contribution in [0.5, 0.6) is 11.5 Å². The summed E-state index contributed by atoms with van der Waals surface area (Å²) in [7, 11) is 3.21. The minimum absolute atomic E-state index is 0.454. The van der Waals surface area contributed by atoms with Gasteiger partial charge in [0, 0.05) is 11.5 Å². The molecule has 0 fully saturated rings. The average Bonchev–Trinajstić information content (AvgIpc) is 2.62. The van der Waals surface area contributed by atoms with E-state index in [4.69, 9.17) is 21.7 Å². The normalized spacial score (nSPS) is 10.2. The third-order valence-corrected chi connectivity index (χ3v) is 3.71. The Kier molecular flexibility index (Phi) is 4.77. The molecule has 2 aromatic carbocycles. The molecule has 0 radical (unpaired) electrons. The zero-order chi connectivity index (χ0) is 16.9. The summed E-state index contributed by atoms with van der Waals surface area (Å²) in [6.45, 7) is 0. The van der Waals surface area contributed by atoms with Gasteiger partial charge < -0.3 is 20.1 Å². The molecule has 24 heavy (non-hydrogen) atoms. The number of nitrogens with one attached hydrogen (secondary N) is 2. The summed E-state index contributed by atoms with van der Waals surface area (Å²) in [5.41, 5.74) is 2.52. The number of benzene rings is 2. The summed E-state index contributed by atoms with van der Waals surface area (Å²) < 4.78 is 10.5. The molecule has 3 aromatic rings. The highest BCUT2D eigenvalue weighted by Gasteiger charge is 2.07. The van der Waals surface area contributed by atoms with E-state index in [2.05, 4.69) is 15.6 Å². The number of nitrogens with zero attached hydrogens (tertiary/aromatic N) is 1. The Bertz CT molecular complexity index is 883. The molecule has 0 atom stereocenters. The molecule has 0 unspecified atom stereocenters. The van der Waals surface area contributed by atoms with E-state index in [1.165, 1.54) is 0 Å². The number of hydrogen-bond donors (Lipinski definition) is 2. The van der Waals surface area contributed by atoms with E-state index in [9.17, 15) is 0 Å². The molecule has 0 aliphatic heterocycles. The standard InChI is InChI=1S/C18H17N3O2S/c1-22-14-7-8-16(17(10-14)23-2)21-18(24)20-13-9-12-5-3-4-6-15(12)19-11-13/h3-11H,1-2H3,(H2,20,21,24). The molecule has 6 heteroatoms. The highest BCUT2D eigenvalue weighted by molar-refractivity contribution is 7.80. The number of anilines is 2. The van der Waals surface area contributed by atoms with Gasteiger partial charge in [-0.15, -0.1) is 0 Å². The van der Waals surface area contributed by atoms with Crippen LogP contribution in [0.3, 0.4) is 0 Å². The van der Waals surface area contributed by atoms with Crippen molar-refractivity contribution in [3.63, 3.8) is 0 Å². The molecule has 1 heterocycles. The SMILES string of the molecule is COc1ccc(NC(=S)Nc2cnc3ccccc3c2)c(OC)c1. The smallest absolute Gasteiger partial charge is 0.175 e. The molecule has 0 spiro atoms. The molecule has 122 valence electrons. The van der Waals surface area contributed by atoms with Gasteiger partial charge in [-0.1, -0.05) is 18.2 Å². The Balaban J connectivity index is 1.75. The molecule has 3 rings (SSSR count). The van der Waals surface area contributed by atoms with E-state index in [0.717, 1.165) is 28.0 Å². The predicted molar refractivity (Wildman–Crippen MR) is 101 cm³/mol. The van der Waals surface area contributed by atoms with Crippen molar-refractivity contribution in [3.05, 3.63) is 54.7 Å². The molecule has 0 amide bonds. The van der Waals surface area contributed by atoms with Gasteiger partial charge in [-0.05, 0) is 36.5 Å². The van der Waals surface area contributed by atoms with Gasteiger partial charge in [-0.25, -0.2) is 0 Å². The summed E-state index contributed by atoms with van der Waals surface area (Å²) in [6, 6.07) is 15.4. The van der Waals surface area contributed by atoms with Crippen molar-refractivity contribution in [3.8, 4) is 11.5 Å². The summed E-state index contributed by atoms with van der Waals surface area (Å²) in [5, 5.41) is 7.76. The van der Waals surface area contributed by atoms with Crippen molar-refractivity contribution < 1.29 is 9.47 Å². The Labute approximate surface area is 145 Å². The Morgan fingerprint density at radius 2 is 1.83 bits per heavy atom. The maximum absolute atomic E-state index is 5.37. The van der Waals surface area contributed by atoms with Crippen LogP contribution in [0.4, 0.5) is 11.4 Å². The Morgan fingerprint density at radius 1 is 1.00 bits per heavy atom. The number of para-hydroxylation sites is 1. The number of rotatable bonds is 4. The fraction of sp³-hybridized carbons (Fsp3) is 0.111. The molecule has 1 aromatic heterocycles. The topological polar surface area (TPSA) is 55.4 Å². The average molecular weight is 339 g/mol. The summed E-state index contributed by atoms with van der Waals surface area (Å²) in [6.07, 6.45) is 1.75. The quantitative estimate of drug-likeness (QED) is 0.699. The van der Waals surface area contributed by atoms with Gasteiger partial charge in [0.05, 0.1) is 37.3 Å². The number of fused-ring (bicyclic) bond motifs is 1. The van der Waals surface area contributed by atoms with Crippen LogP contribution in [-0.4, -0.2) is 24.3 Å². The van der Waals surface area contributed by atoms with E-state index in [0.29, 0.717) is 10.9 Å². The third-order valence-electron chi connectivity index (χ3n) is 3.51. The van der Waals surface area contributed by atoms with Crippen LogP contribution in [0.25, 0.3) is 10.9 Å². The zero-order valence-corrected chi connectivity index (χ0v) is 14.2. The van der Waals surface area contributed by atoms with Crippen molar-refractivity contribution in [1.82, 2.24) is 4.98 Å². The van der Waals surface area contributed by atoms with Gasteiger partial charge >= 0.3 is 0 Å². The first-order valence-electron chi connectivity index (χ1n) is 7.34. The van der Waals surface area contributed by atoms with Crippen molar-refractivity contribution >= 4 is 39.6 Å².